The van der Waals surface area contributed by atoms with Crippen LogP contribution in [-0.2, 0) is 9.53 Å². The van der Waals surface area contributed by atoms with Crippen molar-refractivity contribution in [2.45, 2.75) is 58.1 Å². The minimum absolute atomic E-state index is 0.315. The standard InChI is InChI=1S/C14H25NO3/c1-3-5-14(13(16)17)6-7-15(10-14)12-4-8-18-11(2)9-12/h11-12H,3-10H2,1-2H3,(H,16,17). The number of carboxylic acid groups (broad SMARTS) is 1. The molecule has 18 heavy (non-hydrogen) atoms. The van der Waals surface area contributed by atoms with Crippen molar-refractivity contribution in [2.75, 3.05) is 19.7 Å². The summed E-state index contributed by atoms with van der Waals surface area (Å²) in [6.07, 6.45) is 4.97. The molecule has 2 fully saturated rings. The van der Waals surface area contributed by atoms with Gasteiger partial charge >= 0.3 is 5.97 Å². The number of ether oxygens (including phenoxy) is 1. The molecular weight excluding hydrogens is 230 g/mol. The van der Waals surface area contributed by atoms with E-state index in [-0.39, 0.29) is 0 Å². The molecule has 0 spiro atoms. The van der Waals surface area contributed by atoms with E-state index in [1.165, 1.54) is 0 Å². The Labute approximate surface area is 109 Å². The van der Waals surface area contributed by atoms with E-state index in [0.29, 0.717) is 12.1 Å². The number of aliphatic carboxylic acids is 1. The predicted octanol–water partition coefficient (Wildman–Crippen LogP) is 2.13. The van der Waals surface area contributed by atoms with Crippen LogP contribution < -0.4 is 0 Å². The highest BCUT2D eigenvalue weighted by Crippen LogP contribution is 2.38. The number of carboxylic acids is 1. The highest BCUT2D eigenvalue weighted by molar-refractivity contribution is 5.75. The molecule has 1 N–H and O–H groups in total. The van der Waals surface area contributed by atoms with Crippen molar-refractivity contribution in [3.63, 3.8) is 0 Å². The first-order valence-electron chi connectivity index (χ1n) is 7.16. The first-order chi connectivity index (χ1) is 8.57. The Balaban J connectivity index is 1.99. The summed E-state index contributed by atoms with van der Waals surface area (Å²) in [5.74, 6) is -0.605. The van der Waals surface area contributed by atoms with Crippen LogP contribution >= 0.6 is 0 Å². The topological polar surface area (TPSA) is 49.8 Å². The third-order valence-electron chi connectivity index (χ3n) is 4.54. The summed E-state index contributed by atoms with van der Waals surface area (Å²) in [4.78, 5) is 13.9. The third-order valence-corrected chi connectivity index (χ3v) is 4.54. The zero-order valence-electron chi connectivity index (χ0n) is 11.5. The average molecular weight is 255 g/mol. The molecule has 0 aliphatic carbocycles. The van der Waals surface area contributed by atoms with Crippen molar-refractivity contribution in [3.05, 3.63) is 0 Å². The zero-order chi connectivity index (χ0) is 13.2. The summed E-state index contributed by atoms with van der Waals surface area (Å²) in [6.45, 7) is 6.66. The van der Waals surface area contributed by atoms with Crippen LogP contribution in [0.25, 0.3) is 0 Å². The van der Waals surface area contributed by atoms with Crippen LogP contribution in [0.5, 0.6) is 0 Å². The molecule has 0 aromatic carbocycles. The van der Waals surface area contributed by atoms with Gasteiger partial charge < -0.3 is 9.84 Å². The lowest BCUT2D eigenvalue weighted by molar-refractivity contribution is -0.148. The quantitative estimate of drug-likeness (QED) is 0.836. The second-order valence-electron chi connectivity index (χ2n) is 5.92. The van der Waals surface area contributed by atoms with Crippen LogP contribution in [0.4, 0.5) is 0 Å². The van der Waals surface area contributed by atoms with Crippen molar-refractivity contribution >= 4 is 5.97 Å². The lowest BCUT2D eigenvalue weighted by Crippen LogP contribution is -2.43. The molecule has 104 valence electrons. The minimum Gasteiger partial charge on any atom is -0.481 e. The van der Waals surface area contributed by atoms with Gasteiger partial charge in [0.15, 0.2) is 0 Å². The number of nitrogens with zero attached hydrogens (tertiary/aromatic N) is 1. The van der Waals surface area contributed by atoms with E-state index in [9.17, 15) is 9.90 Å². The van der Waals surface area contributed by atoms with Gasteiger partial charge in [0.1, 0.15) is 0 Å². The molecule has 2 aliphatic rings. The van der Waals surface area contributed by atoms with E-state index < -0.39 is 11.4 Å². The number of likely N-dealkylation sites (tertiary alicyclic amines) is 1. The molecule has 2 saturated heterocycles. The van der Waals surface area contributed by atoms with Gasteiger partial charge in [-0.25, -0.2) is 0 Å². The van der Waals surface area contributed by atoms with Gasteiger partial charge in [0.25, 0.3) is 0 Å². The third kappa shape index (κ3) is 2.69. The average Bonchev–Trinajstić information content (AvgIpc) is 2.75. The van der Waals surface area contributed by atoms with E-state index in [1.807, 2.05) is 0 Å². The summed E-state index contributed by atoms with van der Waals surface area (Å²) < 4.78 is 5.57. The second kappa shape index (κ2) is 5.57. The maximum atomic E-state index is 11.6. The first-order valence-corrected chi connectivity index (χ1v) is 7.16. The van der Waals surface area contributed by atoms with Crippen LogP contribution in [0.3, 0.4) is 0 Å². The zero-order valence-corrected chi connectivity index (χ0v) is 11.5. The second-order valence-corrected chi connectivity index (χ2v) is 5.92. The maximum Gasteiger partial charge on any atom is 0.310 e. The summed E-state index contributed by atoms with van der Waals surface area (Å²) in [7, 11) is 0. The van der Waals surface area contributed by atoms with Gasteiger partial charge in [0.05, 0.1) is 11.5 Å². The predicted molar refractivity (Wildman–Crippen MR) is 69.6 cm³/mol. The summed E-state index contributed by atoms with van der Waals surface area (Å²) >= 11 is 0. The molecule has 2 heterocycles. The van der Waals surface area contributed by atoms with Gasteiger partial charge in [0.2, 0.25) is 0 Å². The van der Waals surface area contributed by atoms with Gasteiger partial charge in [-0.15, -0.1) is 0 Å². The normalized spacial score (nSPS) is 37.9. The molecule has 3 unspecified atom stereocenters. The molecule has 0 aromatic heterocycles. The van der Waals surface area contributed by atoms with Crippen LogP contribution in [0.15, 0.2) is 0 Å². The molecule has 0 aromatic rings. The Kier molecular flexibility index (Phi) is 4.28. The fourth-order valence-electron chi connectivity index (χ4n) is 3.49. The van der Waals surface area contributed by atoms with Crippen LogP contribution in [-0.4, -0.2) is 47.8 Å². The van der Waals surface area contributed by atoms with E-state index in [2.05, 4.69) is 18.7 Å². The molecule has 0 bridgehead atoms. The van der Waals surface area contributed by atoms with Crippen LogP contribution in [0.1, 0.15) is 46.0 Å². The summed E-state index contributed by atoms with van der Waals surface area (Å²) in [6, 6.07) is 0.520. The Morgan fingerprint density at radius 1 is 1.56 bits per heavy atom. The van der Waals surface area contributed by atoms with Gasteiger partial charge in [-0.2, -0.15) is 0 Å². The van der Waals surface area contributed by atoms with Crippen molar-refractivity contribution in [3.8, 4) is 0 Å². The fraction of sp³-hybridized carbons (Fsp3) is 0.929. The van der Waals surface area contributed by atoms with Crippen molar-refractivity contribution in [2.24, 2.45) is 5.41 Å². The van der Waals surface area contributed by atoms with Crippen LogP contribution in [0.2, 0.25) is 0 Å². The van der Waals surface area contributed by atoms with E-state index >= 15 is 0 Å². The first kappa shape index (κ1) is 13.8. The SMILES string of the molecule is CCCC1(C(=O)O)CCN(C2CCOC(C)C2)C1. The molecule has 4 nitrogen and oxygen atoms in total. The van der Waals surface area contributed by atoms with Gasteiger partial charge in [-0.1, -0.05) is 13.3 Å². The number of hydrogen-bond acceptors (Lipinski definition) is 3. The highest BCUT2D eigenvalue weighted by Gasteiger charge is 2.45. The molecule has 0 amide bonds. The molecule has 0 saturated carbocycles. The van der Waals surface area contributed by atoms with Crippen molar-refractivity contribution in [1.29, 1.82) is 0 Å². The van der Waals surface area contributed by atoms with Gasteiger partial charge in [0, 0.05) is 19.2 Å². The van der Waals surface area contributed by atoms with E-state index in [4.69, 9.17) is 4.74 Å². The molecule has 2 aliphatic heterocycles. The monoisotopic (exact) mass is 255 g/mol. The smallest absolute Gasteiger partial charge is 0.310 e. The highest BCUT2D eigenvalue weighted by atomic mass is 16.5. The van der Waals surface area contributed by atoms with Crippen molar-refractivity contribution in [1.82, 2.24) is 4.90 Å². The van der Waals surface area contributed by atoms with Gasteiger partial charge in [-0.3, -0.25) is 9.69 Å². The number of hydrogen-bond donors (Lipinski definition) is 1. The molecule has 3 atom stereocenters. The molecule has 2 rings (SSSR count). The van der Waals surface area contributed by atoms with E-state index in [0.717, 1.165) is 51.8 Å². The molecular formula is C14H25NO3. The largest absolute Gasteiger partial charge is 0.481 e. The number of carbonyl (C=O) groups is 1. The number of rotatable bonds is 4. The lowest BCUT2D eigenvalue weighted by Gasteiger charge is -2.35. The fourth-order valence-corrected chi connectivity index (χ4v) is 3.49. The Morgan fingerprint density at radius 3 is 2.94 bits per heavy atom. The van der Waals surface area contributed by atoms with Crippen molar-refractivity contribution < 1.29 is 14.6 Å². The maximum absolute atomic E-state index is 11.6. The molecule has 0 radical (unpaired) electrons. The Hall–Kier alpha value is -0.610. The summed E-state index contributed by atoms with van der Waals surface area (Å²) in [5.41, 5.74) is -0.490. The molecule has 4 heteroatoms. The lowest BCUT2D eigenvalue weighted by atomic mass is 9.82. The van der Waals surface area contributed by atoms with Crippen LogP contribution in [0, 0.1) is 5.41 Å². The van der Waals surface area contributed by atoms with E-state index in [1.54, 1.807) is 0 Å². The Bertz CT molecular complexity index is 307. The summed E-state index contributed by atoms with van der Waals surface area (Å²) in [5, 5.41) is 9.51. The minimum atomic E-state index is -0.605. The van der Waals surface area contributed by atoms with Gasteiger partial charge in [-0.05, 0) is 39.2 Å². The Morgan fingerprint density at radius 2 is 2.33 bits per heavy atom.